The molecule has 0 fully saturated rings. The van der Waals surface area contributed by atoms with Crippen LogP contribution in [0, 0.1) is 11.7 Å². The van der Waals surface area contributed by atoms with E-state index in [1.807, 2.05) is 4.72 Å². The molecule has 3 rings (SSSR count). The summed E-state index contributed by atoms with van der Waals surface area (Å²) in [5.41, 5.74) is -4.23. The molecule has 1 aliphatic rings. The highest BCUT2D eigenvalue weighted by Crippen LogP contribution is 2.47. The van der Waals surface area contributed by atoms with E-state index in [-0.39, 0.29) is 46.5 Å². The Morgan fingerprint density at radius 2 is 1.62 bits per heavy atom. The number of allylic oxidation sites excluding steroid dienone is 3. The van der Waals surface area contributed by atoms with E-state index in [1.54, 1.807) is 37.4 Å². The molecule has 7 nitrogen and oxygen atoms in total. The van der Waals surface area contributed by atoms with Gasteiger partial charge in [-0.3, -0.25) is 9.52 Å². The Balaban J connectivity index is 2.07. The molecule has 0 saturated carbocycles. The summed E-state index contributed by atoms with van der Waals surface area (Å²) in [6.07, 6.45) is -8.70. The predicted octanol–water partition coefficient (Wildman–Crippen LogP) is 6.72. The Kier molecular flexibility index (Phi) is 10.4. The zero-order valence-electron chi connectivity index (χ0n) is 24.9. The van der Waals surface area contributed by atoms with E-state index in [9.17, 15) is 43.9 Å². The predicted molar refractivity (Wildman–Crippen MR) is 158 cm³/mol. The van der Waals surface area contributed by atoms with Crippen molar-refractivity contribution in [2.24, 2.45) is 5.92 Å². The molecule has 0 aromatic heterocycles. The normalized spacial score (nSPS) is 16.3. The minimum Gasteiger partial charge on any atom is -0.347 e. The molecule has 0 aliphatic carbocycles. The molecule has 1 unspecified atom stereocenters. The minimum atomic E-state index is -5.77. The van der Waals surface area contributed by atoms with Gasteiger partial charge in [-0.15, -0.1) is 0 Å². The smallest absolute Gasteiger partial charge is 0.347 e. The molecule has 3 N–H and O–H groups in total. The van der Waals surface area contributed by atoms with Gasteiger partial charge >= 0.3 is 12.4 Å². The van der Waals surface area contributed by atoms with Gasteiger partial charge in [0, 0.05) is 23.9 Å². The molecular formula is C30H33F7N4O3S. The fraction of sp³-hybridized carbons (Fsp3) is 0.367. The van der Waals surface area contributed by atoms with Gasteiger partial charge in [-0.25, -0.2) is 12.8 Å². The maximum absolute atomic E-state index is 14.6. The van der Waals surface area contributed by atoms with Gasteiger partial charge in [0.05, 0.1) is 18.0 Å². The number of amides is 1. The molecule has 2 aromatic carbocycles. The first-order valence-electron chi connectivity index (χ1n) is 13.6. The van der Waals surface area contributed by atoms with Crippen molar-refractivity contribution < 1.29 is 43.9 Å². The van der Waals surface area contributed by atoms with E-state index in [2.05, 4.69) is 5.32 Å². The molecule has 1 heterocycles. The Labute approximate surface area is 256 Å². The summed E-state index contributed by atoms with van der Waals surface area (Å²) in [6, 6.07) is 10.5. The number of benzene rings is 2. The molecule has 15 heteroatoms. The lowest BCUT2D eigenvalue weighted by Gasteiger charge is -2.41. The molecule has 45 heavy (non-hydrogen) atoms. The molecule has 0 spiro atoms. The molecule has 0 bridgehead atoms. The summed E-state index contributed by atoms with van der Waals surface area (Å²) in [4.78, 5) is 14.6. The molecule has 0 radical (unpaired) electrons. The highest BCUT2D eigenvalue weighted by Gasteiger charge is 2.70. The number of carbonyl (C=O) groups excluding carboxylic acids is 1. The van der Waals surface area contributed by atoms with Gasteiger partial charge in [0.15, 0.2) is 0 Å². The number of nitrogens with zero attached hydrogens (tertiary/aromatic N) is 1. The first-order valence-corrected chi connectivity index (χ1v) is 15.5. The standard InChI is InChI=1S/C30H33F7N4O3S/c1-18(2)15-22(27(42)38-19(3)20-11-12-25(24(31)17-20)40-45(5,43)44)16-21-13-14-28(29(32,33)34,30(35,36)37)39-26(21)41(4)23-9-7-6-8-10-23/h6-14,16-19,39-40H,15H2,1-5H3,(H,38,42). The fourth-order valence-corrected chi connectivity index (χ4v) is 5.13. The number of rotatable bonds is 10. The third kappa shape index (κ3) is 8.38. The van der Waals surface area contributed by atoms with E-state index in [0.29, 0.717) is 6.08 Å². The third-order valence-corrected chi connectivity index (χ3v) is 7.45. The van der Waals surface area contributed by atoms with Gasteiger partial charge in [0.2, 0.25) is 21.5 Å². The van der Waals surface area contributed by atoms with E-state index < -0.39 is 51.5 Å². The Morgan fingerprint density at radius 1 is 1.02 bits per heavy atom. The van der Waals surface area contributed by atoms with E-state index in [0.717, 1.165) is 17.2 Å². The molecule has 2 aromatic rings. The van der Waals surface area contributed by atoms with Gasteiger partial charge < -0.3 is 15.5 Å². The van der Waals surface area contributed by atoms with Crippen LogP contribution in [0.25, 0.3) is 0 Å². The molecule has 0 saturated heterocycles. The Morgan fingerprint density at radius 3 is 2.13 bits per heavy atom. The molecular weight excluding hydrogens is 629 g/mol. The Hall–Kier alpha value is -4.01. The zero-order valence-corrected chi connectivity index (χ0v) is 25.8. The lowest BCUT2D eigenvalue weighted by molar-refractivity contribution is -0.288. The highest BCUT2D eigenvalue weighted by molar-refractivity contribution is 7.92. The SMILES string of the molecule is CC(C)CC(=CC1=C(N(C)c2ccccc2)NC(C(F)(F)F)(C(F)(F)F)C=C1)C(=O)NC(C)c1ccc(NS(C)(=O)=O)c(F)c1. The molecule has 1 amide bonds. The number of para-hydroxylation sites is 1. The van der Waals surface area contributed by atoms with Crippen LogP contribution in [0.5, 0.6) is 0 Å². The second-order valence-electron chi connectivity index (χ2n) is 11.0. The molecule has 1 atom stereocenters. The number of hydrogen-bond acceptors (Lipinski definition) is 5. The number of hydrogen-bond donors (Lipinski definition) is 3. The summed E-state index contributed by atoms with van der Waals surface area (Å²) < 4.78 is 124. The van der Waals surface area contributed by atoms with Crippen molar-refractivity contribution in [1.29, 1.82) is 0 Å². The van der Waals surface area contributed by atoms with Crippen LogP contribution in [-0.2, 0) is 14.8 Å². The van der Waals surface area contributed by atoms with Gasteiger partial charge in [0.1, 0.15) is 11.6 Å². The van der Waals surface area contributed by atoms with Crippen molar-refractivity contribution in [3.63, 3.8) is 0 Å². The number of carbonyl (C=O) groups is 1. The average Bonchev–Trinajstić information content (AvgIpc) is 2.91. The van der Waals surface area contributed by atoms with Crippen molar-refractivity contribution in [3.8, 4) is 0 Å². The first kappa shape index (κ1) is 35.5. The summed E-state index contributed by atoms with van der Waals surface area (Å²) in [6.45, 7) is 5.07. The maximum atomic E-state index is 14.6. The summed E-state index contributed by atoms with van der Waals surface area (Å²) in [5, 5.41) is 4.36. The number of anilines is 2. The van der Waals surface area contributed by atoms with Crippen LogP contribution in [0.2, 0.25) is 0 Å². The summed E-state index contributed by atoms with van der Waals surface area (Å²) in [5.74, 6) is -2.29. The average molecular weight is 663 g/mol. The van der Waals surface area contributed by atoms with Crippen molar-refractivity contribution in [2.45, 2.75) is 51.1 Å². The second kappa shape index (κ2) is 13.2. The van der Waals surface area contributed by atoms with Crippen LogP contribution in [0.1, 0.15) is 38.8 Å². The van der Waals surface area contributed by atoms with Crippen LogP contribution >= 0.6 is 0 Å². The molecule has 1 aliphatic heterocycles. The highest BCUT2D eigenvalue weighted by atomic mass is 32.2. The Bertz CT molecular complexity index is 1590. The summed E-state index contributed by atoms with van der Waals surface area (Å²) >= 11 is 0. The van der Waals surface area contributed by atoms with Crippen LogP contribution in [0.4, 0.5) is 42.1 Å². The van der Waals surface area contributed by atoms with Crippen molar-refractivity contribution in [3.05, 3.63) is 95.1 Å². The van der Waals surface area contributed by atoms with Crippen LogP contribution < -0.4 is 20.3 Å². The lowest BCUT2D eigenvalue weighted by Crippen LogP contribution is -2.66. The maximum Gasteiger partial charge on any atom is 0.424 e. The number of halogens is 7. The van der Waals surface area contributed by atoms with E-state index in [4.69, 9.17) is 0 Å². The summed E-state index contributed by atoms with van der Waals surface area (Å²) in [7, 11) is -2.46. The number of alkyl halides is 6. The fourth-order valence-electron chi connectivity index (χ4n) is 4.56. The molecule has 246 valence electrons. The topological polar surface area (TPSA) is 90.5 Å². The van der Waals surface area contributed by atoms with Gasteiger partial charge in [-0.05, 0) is 61.2 Å². The number of dihydropyridines is 1. The van der Waals surface area contributed by atoms with Gasteiger partial charge in [-0.2, -0.15) is 26.3 Å². The van der Waals surface area contributed by atoms with Crippen molar-refractivity contribution in [2.75, 3.05) is 22.9 Å². The second-order valence-corrected chi connectivity index (χ2v) is 12.8. The third-order valence-electron chi connectivity index (χ3n) is 6.86. The van der Waals surface area contributed by atoms with Gasteiger partial charge in [-0.1, -0.05) is 44.2 Å². The van der Waals surface area contributed by atoms with Crippen molar-refractivity contribution in [1.82, 2.24) is 10.6 Å². The van der Waals surface area contributed by atoms with Crippen LogP contribution in [-0.4, -0.2) is 45.5 Å². The number of nitrogens with one attached hydrogen (secondary N) is 3. The largest absolute Gasteiger partial charge is 0.424 e. The number of sulfonamides is 1. The zero-order chi connectivity index (χ0) is 34.0. The monoisotopic (exact) mass is 662 g/mol. The van der Waals surface area contributed by atoms with Gasteiger partial charge in [0.25, 0.3) is 0 Å². The quantitative estimate of drug-likeness (QED) is 0.194. The van der Waals surface area contributed by atoms with E-state index >= 15 is 0 Å². The lowest BCUT2D eigenvalue weighted by atomic mass is 9.91. The van der Waals surface area contributed by atoms with Crippen molar-refractivity contribution >= 4 is 27.3 Å². The van der Waals surface area contributed by atoms with Crippen LogP contribution in [0.15, 0.2) is 83.7 Å². The van der Waals surface area contributed by atoms with E-state index in [1.165, 1.54) is 44.3 Å². The first-order chi connectivity index (χ1) is 20.6. The minimum absolute atomic E-state index is 0.0104. The van der Waals surface area contributed by atoms with Crippen LogP contribution in [0.3, 0.4) is 0 Å².